The van der Waals surface area contributed by atoms with Crippen molar-refractivity contribution in [2.24, 2.45) is 0 Å². The van der Waals surface area contributed by atoms with E-state index < -0.39 is 0 Å². The Bertz CT molecular complexity index is 828. The van der Waals surface area contributed by atoms with Crippen LogP contribution in [-0.4, -0.2) is 36.3 Å². The molecule has 2 heterocycles. The van der Waals surface area contributed by atoms with Gasteiger partial charge in [0.15, 0.2) is 0 Å². The van der Waals surface area contributed by atoms with E-state index in [1.807, 2.05) is 42.5 Å². The lowest BCUT2D eigenvalue weighted by Gasteiger charge is -2.28. The highest BCUT2D eigenvalue weighted by molar-refractivity contribution is 6.17. The van der Waals surface area contributed by atoms with Gasteiger partial charge in [-0.25, -0.2) is 0 Å². The number of nitrogens with zero attached hydrogens (tertiary/aromatic N) is 2. The Labute approximate surface area is 153 Å². The topological polar surface area (TPSA) is 52.7 Å². The van der Waals surface area contributed by atoms with Crippen LogP contribution in [0.1, 0.15) is 36.0 Å². The molecule has 5 nitrogen and oxygen atoms in total. The van der Waals surface area contributed by atoms with E-state index >= 15 is 0 Å². The fourth-order valence-electron chi connectivity index (χ4n) is 3.77. The van der Waals surface area contributed by atoms with Gasteiger partial charge in [0, 0.05) is 13.0 Å². The molecule has 0 bridgehead atoms. The quantitative estimate of drug-likeness (QED) is 0.917. The first kappa shape index (κ1) is 16.8. The van der Waals surface area contributed by atoms with Crippen molar-refractivity contribution in [3.05, 3.63) is 54.1 Å². The Morgan fingerprint density at radius 2 is 1.62 bits per heavy atom. The number of amides is 2. The standard InChI is InChI=1S/C21H23N3O2/c25-20(12-15-23-13-6-1-7-14-23)24-18-10-4-2-8-16(18)21(26)22-17-9-3-5-11-19(17)24/h2-5,8-11H,1,6-7,12-15H2,(H,22,26). The minimum atomic E-state index is -0.181. The Morgan fingerprint density at radius 1 is 0.923 bits per heavy atom. The second-order valence-corrected chi connectivity index (χ2v) is 6.87. The number of likely N-dealkylation sites (tertiary alicyclic amines) is 1. The second kappa shape index (κ2) is 7.30. The van der Waals surface area contributed by atoms with Gasteiger partial charge < -0.3 is 10.2 Å². The van der Waals surface area contributed by atoms with E-state index in [-0.39, 0.29) is 11.8 Å². The largest absolute Gasteiger partial charge is 0.320 e. The van der Waals surface area contributed by atoms with Crippen molar-refractivity contribution >= 4 is 28.9 Å². The Morgan fingerprint density at radius 3 is 2.42 bits per heavy atom. The van der Waals surface area contributed by atoms with Gasteiger partial charge in [-0.05, 0) is 50.2 Å². The van der Waals surface area contributed by atoms with Crippen molar-refractivity contribution in [1.82, 2.24) is 4.90 Å². The number of rotatable bonds is 3. The molecule has 0 radical (unpaired) electrons. The van der Waals surface area contributed by atoms with E-state index in [1.165, 1.54) is 19.3 Å². The molecule has 1 N–H and O–H groups in total. The highest BCUT2D eigenvalue weighted by Gasteiger charge is 2.29. The molecule has 0 spiro atoms. The van der Waals surface area contributed by atoms with Gasteiger partial charge in [-0.3, -0.25) is 14.5 Å². The third-order valence-corrected chi connectivity index (χ3v) is 5.12. The highest BCUT2D eigenvalue weighted by Crippen LogP contribution is 2.38. The SMILES string of the molecule is O=C1Nc2ccccc2N(C(=O)CCN2CCCCC2)c2ccccc21. The maximum Gasteiger partial charge on any atom is 0.257 e. The van der Waals surface area contributed by atoms with Crippen molar-refractivity contribution in [3.63, 3.8) is 0 Å². The smallest absolute Gasteiger partial charge is 0.257 e. The zero-order valence-corrected chi connectivity index (χ0v) is 14.8. The van der Waals surface area contributed by atoms with Crippen molar-refractivity contribution in [2.75, 3.05) is 29.9 Å². The molecule has 4 rings (SSSR count). The van der Waals surface area contributed by atoms with Crippen LogP contribution < -0.4 is 10.2 Å². The zero-order chi connectivity index (χ0) is 17.9. The van der Waals surface area contributed by atoms with E-state index in [2.05, 4.69) is 10.2 Å². The van der Waals surface area contributed by atoms with E-state index in [0.29, 0.717) is 23.4 Å². The number of carbonyl (C=O) groups is 2. The van der Waals surface area contributed by atoms with Crippen LogP contribution in [0.3, 0.4) is 0 Å². The van der Waals surface area contributed by atoms with Crippen LogP contribution in [0.2, 0.25) is 0 Å². The average Bonchev–Trinajstić information content (AvgIpc) is 2.81. The van der Waals surface area contributed by atoms with Gasteiger partial charge in [0.05, 0.1) is 22.6 Å². The summed E-state index contributed by atoms with van der Waals surface area (Å²) in [6, 6.07) is 14.8. The molecule has 2 aliphatic heterocycles. The first-order valence-corrected chi connectivity index (χ1v) is 9.29. The summed E-state index contributed by atoms with van der Waals surface area (Å²) in [5.74, 6) is -0.161. The van der Waals surface area contributed by atoms with Gasteiger partial charge in [-0.1, -0.05) is 30.7 Å². The van der Waals surface area contributed by atoms with Gasteiger partial charge in [0.2, 0.25) is 5.91 Å². The lowest BCUT2D eigenvalue weighted by Crippen LogP contribution is -2.35. The molecule has 2 aromatic rings. The lowest BCUT2D eigenvalue weighted by molar-refractivity contribution is -0.118. The number of hydrogen-bond donors (Lipinski definition) is 1. The third-order valence-electron chi connectivity index (χ3n) is 5.12. The summed E-state index contributed by atoms with van der Waals surface area (Å²) in [6.07, 6.45) is 4.14. The van der Waals surface area contributed by atoms with Crippen LogP contribution in [0, 0.1) is 0 Å². The molecule has 2 amide bonds. The van der Waals surface area contributed by atoms with Crippen LogP contribution >= 0.6 is 0 Å². The molecule has 0 saturated carbocycles. The number of hydrogen-bond acceptors (Lipinski definition) is 3. The normalized spacial score (nSPS) is 17.1. The molecule has 0 atom stereocenters. The van der Waals surface area contributed by atoms with Crippen molar-refractivity contribution < 1.29 is 9.59 Å². The molecular formula is C21H23N3O2. The molecule has 1 saturated heterocycles. The predicted octanol–water partition coefficient (Wildman–Crippen LogP) is 3.79. The summed E-state index contributed by atoms with van der Waals surface area (Å²) >= 11 is 0. The van der Waals surface area contributed by atoms with Gasteiger partial charge in [0.25, 0.3) is 5.91 Å². The van der Waals surface area contributed by atoms with E-state index in [0.717, 1.165) is 25.3 Å². The minimum absolute atomic E-state index is 0.0203. The number of nitrogens with one attached hydrogen (secondary N) is 1. The number of para-hydroxylation sites is 3. The van der Waals surface area contributed by atoms with Gasteiger partial charge in [-0.2, -0.15) is 0 Å². The molecule has 26 heavy (non-hydrogen) atoms. The molecular weight excluding hydrogens is 326 g/mol. The summed E-state index contributed by atoms with van der Waals surface area (Å²) in [5.41, 5.74) is 2.57. The van der Waals surface area contributed by atoms with Gasteiger partial charge in [-0.15, -0.1) is 0 Å². The number of benzene rings is 2. The first-order chi connectivity index (χ1) is 12.7. The molecule has 0 unspecified atom stereocenters. The van der Waals surface area contributed by atoms with Crippen molar-refractivity contribution in [3.8, 4) is 0 Å². The Kier molecular flexibility index (Phi) is 4.71. The summed E-state index contributed by atoms with van der Waals surface area (Å²) in [4.78, 5) is 29.8. The maximum atomic E-state index is 13.2. The van der Waals surface area contributed by atoms with Crippen molar-refractivity contribution in [2.45, 2.75) is 25.7 Å². The second-order valence-electron chi connectivity index (χ2n) is 6.87. The minimum Gasteiger partial charge on any atom is -0.320 e. The summed E-state index contributed by atoms with van der Waals surface area (Å²) < 4.78 is 0. The number of anilines is 3. The van der Waals surface area contributed by atoms with Gasteiger partial charge in [0.1, 0.15) is 0 Å². The zero-order valence-electron chi connectivity index (χ0n) is 14.8. The van der Waals surface area contributed by atoms with E-state index in [1.54, 1.807) is 11.0 Å². The van der Waals surface area contributed by atoms with Crippen LogP contribution in [0.25, 0.3) is 0 Å². The van der Waals surface area contributed by atoms with Crippen LogP contribution in [0.5, 0.6) is 0 Å². The fourth-order valence-corrected chi connectivity index (χ4v) is 3.77. The maximum absolute atomic E-state index is 13.2. The average molecular weight is 349 g/mol. The monoisotopic (exact) mass is 349 g/mol. The van der Waals surface area contributed by atoms with Crippen LogP contribution in [0.4, 0.5) is 17.1 Å². The van der Waals surface area contributed by atoms with E-state index in [4.69, 9.17) is 0 Å². The lowest BCUT2D eigenvalue weighted by atomic mass is 10.1. The van der Waals surface area contributed by atoms with Crippen LogP contribution in [0.15, 0.2) is 48.5 Å². The summed E-state index contributed by atoms with van der Waals surface area (Å²) in [7, 11) is 0. The summed E-state index contributed by atoms with van der Waals surface area (Å²) in [5, 5.41) is 2.93. The molecule has 0 aliphatic carbocycles. The summed E-state index contributed by atoms with van der Waals surface area (Å²) in [6.45, 7) is 2.90. The molecule has 2 aliphatic rings. The first-order valence-electron chi connectivity index (χ1n) is 9.29. The molecule has 1 fully saturated rings. The van der Waals surface area contributed by atoms with Crippen LogP contribution in [-0.2, 0) is 4.79 Å². The third kappa shape index (κ3) is 3.22. The highest BCUT2D eigenvalue weighted by atomic mass is 16.2. The van der Waals surface area contributed by atoms with Gasteiger partial charge >= 0.3 is 0 Å². The fraction of sp³-hybridized carbons (Fsp3) is 0.333. The molecule has 2 aromatic carbocycles. The Balaban J connectivity index is 1.66. The van der Waals surface area contributed by atoms with Crippen molar-refractivity contribution in [1.29, 1.82) is 0 Å². The Hall–Kier alpha value is -2.66. The molecule has 5 heteroatoms. The predicted molar refractivity (Wildman–Crippen MR) is 103 cm³/mol. The number of carbonyl (C=O) groups excluding carboxylic acids is 2. The number of piperidine rings is 1. The molecule has 134 valence electrons. The molecule has 0 aromatic heterocycles. The number of fused-ring (bicyclic) bond motifs is 2. The van der Waals surface area contributed by atoms with E-state index in [9.17, 15) is 9.59 Å².